The first-order valence-electron chi connectivity index (χ1n) is 8.96. The second-order valence-corrected chi connectivity index (χ2v) is 6.37. The molecule has 0 unspecified atom stereocenters. The maximum Gasteiger partial charge on any atom is 0.331 e. The van der Waals surface area contributed by atoms with Crippen LogP contribution in [0.25, 0.3) is 0 Å². The van der Waals surface area contributed by atoms with Gasteiger partial charge in [0, 0.05) is 25.4 Å². The summed E-state index contributed by atoms with van der Waals surface area (Å²) >= 11 is 0. The highest BCUT2D eigenvalue weighted by molar-refractivity contribution is 5.89. The highest BCUT2D eigenvalue weighted by Crippen LogP contribution is 2.17. The van der Waals surface area contributed by atoms with Crippen LogP contribution in [0.3, 0.4) is 0 Å². The van der Waals surface area contributed by atoms with Crippen LogP contribution in [-0.2, 0) is 17.8 Å². The molecule has 29 heavy (non-hydrogen) atoms. The van der Waals surface area contributed by atoms with Crippen molar-refractivity contribution in [3.63, 3.8) is 0 Å². The predicted molar refractivity (Wildman–Crippen MR) is 111 cm³/mol. The summed E-state index contributed by atoms with van der Waals surface area (Å²) < 4.78 is 1.11. The topological polar surface area (TPSA) is 117 Å². The average Bonchev–Trinajstić information content (AvgIpc) is 2.69. The number of carbonyl (C=O) groups is 1. The van der Waals surface area contributed by atoms with Gasteiger partial charge in [-0.3, -0.25) is 24.1 Å². The Kier molecular flexibility index (Phi) is 6.03. The largest absolute Gasteiger partial charge is 0.494 e. The molecule has 8 heteroatoms. The Morgan fingerprint density at radius 2 is 1.83 bits per heavy atom. The lowest BCUT2D eigenvalue weighted by molar-refractivity contribution is -0.114. The third kappa shape index (κ3) is 5.07. The van der Waals surface area contributed by atoms with E-state index in [0.29, 0.717) is 17.8 Å². The van der Waals surface area contributed by atoms with Crippen LogP contribution in [-0.4, -0.2) is 26.8 Å². The highest BCUT2D eigenvalue weighted by atomic mass is 16.3. The number of hydrogen-bond acceptors (Lipinski definition) is 5. The van der Waals surface area contributed by atoms with Gasteiger partial charge < -0.3 is 10.4 Å². The van der Waals surface area contributed by atoms with Crippen molar-refractivity contribution < 1.29 is 9.90 Å². The summed E-state index contributed by atoms with van der Waals surface area (Å²) in [7, 11) is 0. The fourth-order valence-electron chi connectivity index (χ4n) is 2.76. The van der Waals surface area contributed by atoms with Crippen molar-refractivity contribution in [3.8, 4) is 5.88 Å². The van der Waals surface area contributed by atoms with E-state index in [1.165, 1.54) is 13.1 Å². The number of H-pyrrole nitrogens is 1. The highest BCUT2D eigenvalue weighted by Gasteiger charge is 2.12. The van der Waals surface area contributed by atoms with E-state index < -0.39 is 17.1 Å². The van der Waals surface area contributed by atoms with Crippen LogP contribution >= 0.6 is 0 Å². The Labute approximate surface area is 166 Å². The molecule has 0 aliphatic heterocycles. The molecule has 3 rings (SSSR count). The zero-order valence-electron chi connectivity index (χ0n) is 15.8. The fraction of sp³-hybridized carbons (Fsp3) is 0.143. The van der Waals surface area contributed by atoms with Crippen molar-refractivity contribution in [2.45, 2.75) is 19.9 Å². The maximum absolute atomic E-state index is 12.1. The summed E-state index contributed by atoms with van der Waals surface area (Å²) in [5.41, 5.74) is 0.622. The number of carbonyl (C=O) groups excluding carboxylic acids is 1. The van der Waals surface area contributed by atoms with Crippen molar-refractivity contribution in [1.29, 1.82) is 0 Å². The predicted octanol–water partition coefficient (Wildman–Crippen LogP) is 2.19. The Balaban J connectivity index is 1.83. The summed E-state index contributed by atoms with van der Waals surface area (Å²) in [6.07, 6.45) is 1.72. The minimum absolute atomic E-state index is 0.108. The monoisotopic (exact) mass is 392 g/mol. The molecule has 148 valence electrons. The van der Waals surface area contributed by atoms with Crippen LogP contribution in [0.5, 0.6) is 5.88 Å². The SMILES string of the molecule is CC(=O)Nc1ccc(N=Cc2c(O)n(CCc3ccccc3)c(=O)[nH]c2=O)cc1. The van der Waals surface area contributed by atoms with Gasteiger partial charge in [0.15, 0.2) is 0 Å². The van der Waals surface area contributed by atoms with Crippen LogP contribution in [0, 0.1) is 0 Å². The lowest BCUT2D eigenvalue weighted by atomic mass is 10.1. The number of anilines is 1. The fourth-order valence-corrected chi connectivity index (χ4v) is 2.76. The number of rotatable bonds is 6. The van der Waals surface area contributed by atoms with Gasteiger partial charge in [-0.2, -0.15) is 0 Å². The molecule has 0 bridgehead atoms. The number of aryl methyl sites for hydroxylation is 1. The molecule has 0 aliphatic carbocycles. The van der Waals surface area contributed by atoms with Crippen molar-refractivity contribution in [1.82, 2.24) is 9.55 Å². The molecule has 1 aromatic heterocycles. The van der Waals surface area contributed by atoms with Gasteiger partial charge in [0.1, 0.15) is 5.56 Å². The Hall–Kier alpha value is -3.94. The van der Waals surface area contributed by atoms with E-state index in [-0.39, 0.29) is 18.0 Å². The van der Waals surface area contributed by atoms with Crippen molar-refractivity contribution in [2.24, 2.45) is 4.99 Å². The van der Waals surface area contributed by atoms with Gasteiger partial charge in [-0.25, -0.2) is 4.79 Å². The Morgan fingerprint density at radius 1 is 1.14 bits per heavy atom. The molecule has 1 heterocycles. The van der Waals surface area contributed by atoms with E-state index in [1.54, 1.807) is 24.3 Å². The number of benzene rings is 2. The van der Waals surface area contributed by atoms with E-state index in [1.807, 2.05) is 30.3 Å². The van der Waals surface area contributed by atoms with Gasteiger partial charge in [0.05, 0.1) is 5.69 Å². The molecule has 0 aliphatic rings. The molecule has 3 N–H and O–H groups in total. The molecule has 1 amide bonds. The summed E-state index contributed by atoms with van der Waals surface area (Å²) in [5, 5.41) is 13.1. The zero-order chi connectivity index (χ0) is 20.8. The van der Waals surface area contributed by atoms with E-state index in [9.17, 15) is 19.5 Å². The number of nitrogens with zero attached hydrogens (tertiary/aromatic N) is 2. The molecule has 0 fully saturated rings. The number of nitrogens with one attached hydrogen (secondary N) is 2. The molecule has 3 aromatic rings. The van der Waals surface area contributed by atoms with E-state index in [0.717, 1.165) is 10.1 Å². The average molecular weight is 392 g/mol. The molecule has 8 nitrogen and oxygen atoms in total. The van der Waals surface area contributed by atoms with Crippen LogP contribution in [0.4, 0.5) is 11.4 Å². The Bertz CT molecular complexity index is 1150. The van der Waals surface area contributed by atoms with Crippen LogP contribution in [0.15, 0.2) is 69.2 Å². The quantitative estimate of drug-likeness (QED) is 0.558. The van der Waals surface area contributed by atoms with Crippen LogP contribution < -0.4 is 16.6 Å². The number of aromatic nitrogens is 2. The number of amides is 1. The second kappa shape index (κ2) is 8.83. The van der Waals surface area contributed by atoms with Gasteiger partial charge in [0.2, 0.25) is 11.8 Å². The number of aliphatic imine (C=N–C) groups is 1. The van der Waals surface area contributed by atoms with E-state index in [4.69, 9.17) is 0 Å². The summed E-state index contributed by atoms with van der Waals surface area (Å²) in [6.45, 7) is 1.62. The summed E-state index contributed by atoms with van der Waals surface area (Å²) in [6, 6.07) is 16.1. The lowest BCUT2D eigenvalue weighted by Gasteiger charge is -2.09. The van der Waals surface area contributed by atoms with Crippen LogP contribution in [0.2, 0.25) is 0 Å². The third-order valence-corrected chi connectivity index (χ3v) is 4.20. The third-order valence-electron chi connectivity index (χ3n) is 4.20. The normalized spacial score (nSPS) is 10.9. The molecule has 0 saturated heterocycles. The number of aromatic hydroxyl groups is 1. The lowest BCUT2D eigenvalue weighted by Crippen LogP contribution is -2.32. The standard InChI is InChI=1S/C21H20N4O4/c1-14(26)23-17-9-7-16(8-10-17)22-13-18-19(27)24-21(29)25(20(18)28)12-11-15-5-3-2-4-6-15/h2-10,13,28H,11-12H2,1H3,(H,23,26)(H,24,27,29). The first-order valence-corrected chi connectivity index (χ1v) is 8.96. The van der Waals surface area contributed by atoms with Gasteiger partial charge in [-0.05, 0) is 36.2 Å². The van der Waals surface area contributed by atoms with Gasteiger partial charge in [-0.15, -0.1) is 0 Å². The van der Waals surface area contributed by atoms with Crippen molar-refractivity contribution in [3.05, 3.63) is 86.6 Å². The maximum atomic E-state index is 12.1. The zero-order valence-corrected chi connectivity index (χ0v) is 15.8. The molecule has 2 aromatic carbocycles. The van der Waals surface area contributed by atoms with E-state index >= 15 is 0 Å². The van der Waals surface area contributed by atoms with Crippen molar-refractivity contribution in [2.75, 3.05) is 5.32 Å². The first kappa shape index (κ1) is 19.8. The molecule has 0 saturated carbocycles. The Morgan fingerprint density at radius 3 is 2.48 bits per heavy atom. The second-order valence-electron chi connectivity index (χ2n) is 6.37. The van der Waals surface area contributed by atoms with Gasteiger partial charge in [0.25, 0.3) is 5.56 Å². The number of hydrogen-bond donors (Lipinski definition) is 3. The minimum atomic E-state index is -0.720. The van der Waals surface area contributed by atoms with Crippen LogP contribution in [0.1, 0.15) is 18.1 Å². The number of aromatic amines is 1. The smallest absolute Gasteiger partial charge is 0.331 e. The molecule has 0 spiro atoms. The van der Waals surface area contributed by atoms with Gasteiger partial charge >= 0.3 is 5.69 Å². The summed E-state index contributed by atoms with van der Waals surface area (Å²) in [5.74, 6) is -0.622. The molecule has 0 radical (unpaired) electrons. The minimum Gasteiger partial charge on any atom is -0.494 e. The first-order chi connectivity index (χ1) is 13.9. The summed E-state index contributed by atoms with van der Waals surface area (Å²) in [4.78, 5) is 41.7. The molecular formula is C21H20N4O4. The van der Waals surface area contributed by atoms with E-state index in [2.05, 4.69) is 15.3 Å². The molecular weight excluding hydrogens is 372 g/mol. The van der Waals surface area contributed by atoms with Crippen molar-refractivity contribution >= 4 is 23.5 Å². The molecule has 0 atom stereocenters. The van der Waals surface area contributed by atoms with Gasteiger partial charge in [-0.1, -0.05) is 30.3 Å².